The molecule has 0 radical (unpaired) electrons. The van der Waals surface area contributed by atoms with E-state index in [1.165, 1.54) is 12.2 Å². The number of carboxylic acid groups (broad SMARTS) is 1. The number of carboxylic acids is 1. The number of rotatable bonds is 5. The van der Waals surface area contributed by atoms with Gasteiger partial charge in [-0.05, 0) is 31.6 Å². The minimum atomic E-state index is -1.04. The summed E-state index contributed by atoms with van der Waals surface area (Å²) in [6.07, 6.45) is 3.09. The van der Waals surface area contributed by atoms with E-state index in [4.69, 9.17) is 9.52 Å². The van der Waals surface area contributed by atoms with Crippen LogP contribution in [0.5, 0.6) is 0 Å². The second-order valence-corrected chi connectivity index (χ2v) is 3.59. The van der Waals surface area contributed by atoms with Gasteiger partial charge in [-0.15, -0.1) is 0 Å². The van der Waals surface area contributed by atoms with Gasteiger partial charge in [-0.1, -0.05) is 6.92 Å². The van der Waals surface area contributed by atoms with Gasteiger partial charge >= 0.3 is 5.97 Å². The predicted molar refractivity (Wildman–Crippen MR) is 62.3 cm³/mol. The average molecular weight is 237 g/mol. The number of carbonyl (C=O) groups is 2. The lowest BCUT2D eigenvalue weighted by molar-refractivity contribution is -0.141. The molecule has 0 aliphatic carbocycles. The summed E-state index contributed by atoms with van der Waals surface area (Å²) in [5.74, 6) is -0.181. The molecule has 1 amide bonds. The minimum Gasteiger partial charge on any atom is -0.480 e. The molecule has 1 atom stereocenters. The second-order valence-electron chi connectivity index (χ2n) is 3.59. The van der Waals surface area contributed by atoms with E-state index in [-0.39, 0.29) is 0 Å². The molecule has 1 aromatic rings. The maximum absolute atomic E-state index is 11.4. The number of aryl methyl sites for hydroxylation is 1. The summed E-state index contributed by atoms with van der Waals surface area (Å²) in [5.41, 5.74) is 0. The minimum absolute atomic E-state index is 0.342. The van der Waals surface area contributed by atoms with Gasteiger partial charge in [0.05, 0.1) is 0 Å². The molecule has 5 nitrogen and oxygen atoms in total. The number of nitrogens with one attached hydrogen (secondary N) is 1. The van der Waals surface area contributed by atoms with Gasteiger partial charge < -0.3 is 14.8 Å². The smallest absolute Gasteiger partial charge is 0.326 e. The van der Waals surface area contributed by atoms with Crippen LogP contribution in [0.25, 0.3) is 6.08 Å². The van der Waals surface area contributed by atoms with Crippen molar-refractivity contribution in [1.82, 2.24) is 5.32 Å². The summed E-state index contributed by atoms with van der Waals surface area (Å²) in [5, 5.41) is 11.1. The molecule has 92 valence electrons. The fourth-order valence-corrected chi connectivity index (χ4v) is 1.26. The number of amides is 1. The van der Waals surface area contributed by atoms with Crippen LogP contribution in [-0.2, 0) is 9.59 Å². The monoisotopic (exact) mass is 237 g/mol. The van der Waals surface area contributed by atoms with Crippen molar-refractivity contribution in [2.45, 2.75) is 26.3 Å². The van der Waals surface area contributed by atoms with Crippen LogP contribution in [0.15, 0.2) is 22.6 Å². The van der Waals surface area contributed by atoms with Crippen LogP contribution in [0.4, 0.5) is 0 Å². The SMILES string of the molecule is CCC(NC(=O)/C=C/c1ccc(C)o1)C(=O)O. The Balaban J connectivity index is 2.54. The molecule has 0 aliphatic heterocycles. The second kappa shape index (κ2) is 5.89. The average Bonchev–Trinajstić information content (AvgIpc) is 2.68. The van der Waals surface area contributed by atoms with Crippen molar-refractivity contribution < 1.29 is 19.1 Å². The molecule has 0 bridgehead atoms. The third-order valence-corrected chi connectivity index (χ3v) is 2.18. The highest BCUT2D eigenvalue weighted by Crippen LogP contribution is 2.07. The third-order valence-electron chi connectivity index (χ3n) is 2.18. The Morgan fingerprint density at radius 3 is 2.71 bits per heavy atom. The van der Waals surface area contributed by atoms with E-state index in [0.29, 0.717) is 12.2 Å². The van der Waals surface area contributed by atoms with Gasteiger partial charge in [0.2, 0.25) is 5.91 Å². The lowest BCUT2D eigenvalue weighted by atomic mass is 10.2. The lowest BCUT2D eigenvalue weighted by Gasteiger charge is -2.09. The molecule has 2 N–H and O–H groups in total. The van der Waals surface area contributed by atoms with E-state index in [1.54, 1.807) is 26.0 Å². The van der Waals surface area contributed by atoms with Gasteiger partial charge in [0.25, 0.3) is 0 Å². The standard InChI is InChI=1S/C12H15NO4/c1-3-10(12(15)16)13-11(14)7-6-9-5-4-8(2)17-9/h4-7,10H,3H2,1-2H3,(H,13,14)(H,15,16)/b7-6+. The van der Waals surface area contributed by atoms with Crippen LogP contribution in [-0.4, -0.2) is 23.0 Å². The molecule has 17 heavy (non-hydrogen) atoms. The summed E-state index contributed by atoms with van der Waals surface area (Å²) in [7, 11) is 0. The Morgan fingerprint density at radius 1 is 1.53 bits per heavy atom. The summed E-state index contributed by atoms with van der Waals surface area (Å²) in [4.78, 5) is 22.1. The van der Waals surface area contributed by atoms with E-state index < -0.39 is 17.9 Å². The summed E-state index contributed by atoms with van der Waals surface area (Å²) >= 11 is 0. The molecular formula is C12H15NO4. The zero-order chi connectivity index (χ0) is 12.8. The van der Waals surface area contributed by atoms with Gasteiger partial charge in [0.1, 0.15) is 17.6 Å². The highest BCUT2D eigenvalue weighted by atomic mass is 16.4. The Kier molecular flexibility index (Phi) is 4.51. The molecule has 0 saturated heterocycles. The molecule has 1 heterocycles. The Hall–Kier alpha value is -2.04. The van der Waals surface area contributed by atoms with Gasteiger partial charge in [0.15, 0.2) is 0 Å². The van der Waals surface area contributed by atoms with E-state index >= 15 is 0 Å². The van der Waals surface area contributed by atoms with E-state index in [1.807, 2.05) is 0 Å². The summed E-state index contributed by atoms with van der Waals surface area (Å²) < 4.78 is 5.23. The number of carbonyl (C=O) groups excluding carboxylic acids is 1. The van der Waals surface area contributed by atoms with Crippen molar-refractivity contribution in [3.8, 4) is 0 Å². The van der Waals surface area contributed by atoms with Crippen LogP contribution < -0.4 is 5.32 Å². The first-order valence-corrected chi connectivity index (χ1v) is 5.30. The quantitative estimate of drug-likeness (QED) is 0.762. The highest BCUT2D eigenvalue weighted by Gasteiger charge is 2.15. The van der Waals surface area contributed by atoms with Crippen LogP contribution in [0.1, 0.15) is 24.9 Å². The maximum Gasteiger partial charge on any atom is 0.326 e. The third kappa shape index (κ3) is 4.14. The van der Waals surface area contributed by atoms with E-state index in [9.17, 15) is 9.59 Å². The van der Waals surface area contributed by atoms with Crippen LogP contribution >= 0.6 is 0 Å². The molecule has 0 saturated carbocycles. The number of furan rings is 1. The van der Waals surface area contributed by atoms with E-state index in [0.717, 1.165) is 5.76 Å². The van der Waals surface area contributed by atoms with Crippen molar-refractivity contribution in [2.75, 3.05) is 0 Å². The van der Waals surface area contributed by atoms with Crippen molar-refractivity contribution in [3.63, 3.8) is 0 Å². The first-order valence-electron chi connectivity index (χ1n) is 5.30. The Bertz CT molecular complexity index is 433. The highest BCUT2D eigenvalue weighted by molar-refractivity contribution is 5.94. The van der Waals surface area contributed by atoms with Crippen LogP contribution in [0.3, 0.4) is 0 Å². The van der Waals surface area contributed by atoms with E-state index in [2.05, 4.69) is 5.32 Å². The topological polar surface area (TPSA) is 79.5 Å². The molecule has 0 fully saturated rings. The van der Waals surface area contributed by atoms with Crippen molar-refractivity contribution >= 4 is 18.0 Å². The summed E-state index contributed by atoms with van der Waals surface area (Å²) in [6, 6.07) is 2.66. The number of hydrogen-bond donors (Lipinski definition) is 2. The van der Waals surface area contributed by atoms with Crippen LogP contribution in [0.2, 0.25) is 0 Å². The first kappa shape index (κ1) is 13.0. The fourth-order valence-electron chi connectivity index (χ4n) is 1.26. The predicted octanol–water partition coefficient (Wildman–Crippen LogP) is 1.58. The fraction of sp³-hybridized carbons (Fsp3) is 0.333. The van der Waals surface area contributed by atoms with Crippen molar-refractivity contribution in [1.29, 1.82) is 0 Å². The molecule has 5 heteroatoms. The number of hydrogen-bond acceptors (Lipinski definition) is 3. The molecule has 1 unspecified atom stereocenters. The van der Waals surface area contributed by atoms with Crippen molar-refractivity contribution in [3.05, 3.63) is 29.7 Å². The molecule has 1 aromatic heterocycles. The summed E-state index contributed by atoms with van der Waals surface area (Å²) in [6.45, 7) is 3.49. The van der Waals surface area contributed by atoms with Crippen LogP contribution in [0, 0.1) is 6.92 Å². The normalized spacial score (nSPS) is 12.6. The van der Waals surface area contributed by atoms with Gasteiger partial charge in [0, 0.05) is 6.08 Å². The Morgan fingerprint density at radius 2 is 2.24 bits per heavy atom. The molecule has 0 spiro atoms. The zero-order valence-electron chi connectivity index (χ0n) is 9.77. The van der Waals surface area contributed by atoms with Gasteiger partial charge in [-0.2, -0.15) is 0 Å². The van der Waals surface area contributed by atoms with Crippen molar-refractivity contribution in [2.24, 2.45) is 0 Å². The maximum atomic E-state index is 11.4. The van der Waals surface area contributed by atoms with Gasteiger partial charge in [-0.3, -0.25) is 4.79 Å². The zero-order valence-corrected chi connectivity index (χ0v) is 9.77. The molecule has 1 rings (SSSR count). The molecule has 0 aliphatic rings. The lowest BCUT2D eigenvalue weighted by Crippen LogP contribution is -2.39. The Labute approximate surface area is 99.1 Å². The molecule has 0 aromatic carbocycles. The first-order chi connectivity index (χ1) is 8.02. The largest absolute Gasteiger partial charge is 0.480 e. The number of aliphatic carboxylic acids is 1. The van der Waals surface area contributed by atoms with Gasteiger partial charge in [-0.25, -0.2) is 4.79 Å². The molecular weight excluding hydrogens is 222 g/mol.